The number of ketones is 1. The summed E-state index contributed by atoms with van der Waals surface area (Å²) >= 11 is 0. The molecule has 1 heterocycles. The Bertz CT molecular complexity index is 582. The molecular weight excluding hydrogens is 218 g/mol. The van der Waals surface area contributed by atoms with Crippen molar-refractivity contribution in [2.45, 2.75) is 6.92 Å². The maximum Gasteiger partial charge on any atom is 0.220 e. The van der Waals surface area contributed by atoms with Crippen molar-refractivity contribution in [3.63, 3.8) is 0 Å². The first kappa shape index (κ1) is 11.1. The predicted octanol–water partition coefficient (Wildman–Crippen LogP) is 1.30. The van der Waals surface area contributed by atoms with E-state index in [1.165, 1.54) is 12.3 Å². The number of anilines is 1. The summed E-state index contributed by atoms with van der Waals surface area (Å²) < 4.78 is 0. The Labute approximate surface area is 98.0 Å². The minimum Gasteiger partial charge on any atom is -0.507 e. The van der Waals surface area contributed by atoms with E-state index in [1.54, 1.807) is 25.1 Å². The van der Waals surface area contributed by atoms with Crippen LogP contribution in [-0.2, 0) is 0 Å². The summed E-state index contributed by atoms with van der Waals surface area (Å²) in [5.41, 5.74) is 6.46. The molecule has 0 bridgehead atoms. The van der Waals surface area contributed by atoms with Crippen LogP contribution in [0.2, 0.25) is 0 Å². The van der Waals surface area contributed by atoms with Gasteiger partial charge in [0.25, 0.3) is 0 Å². The van der Waals surface area contributed by atoms with Gasteiger partial charge in [-0.1, -0.05) is 12.1 Å². The third kappa shape index (κ3) is 2.08. The summed E-state index contributed by atoms with van der Waals surface area (Å²) in [6, 6.07) is 6.34. The number of aryl methyl sites for hydroxylation is 1. The number of aromatic nitrogens is 2. The van der Waals surface area contributed by atoms with E-state index in [-0.39, 0.29) is 23.0 Å². The van der Waals surface area contributed by atoms with Gasteiger partial charge < -0.3 is 10.8 Å². The molecule has 0 radical (unpaired) electrons. The normalized spacial score (nSPS) is 10.2. The lowest BCUT2D eigenvalue weighted by atomic mass is 10.0. The molecule has 0 saturated heterocycles. The zero-order valence-corrected chi connectivity index (χ0v) is 9.21. The first-order chi connectivity index (χ1) is 8.09. The summed E-state index contributed by atoms with van der Waals surface area (Å²) in [5, 5.41) is 9.60. The van der Waals surface area contributed by atoms with Gasteiger partial charge in [0, 0.05) is 6.20 Å². The van der Waals surface area contributed by atoms with Gasteiger partial charge in [-0.2, -0.15) is 0 Å². The quantitative estimate of drug-likeness (QED) is 0.758. The van der Waals surface area contributed by atoms with Crippen molar-refractivity contribution < 1.29 is 9.90 Å². The monoisotopic (exact) mass is 229 g/mol. The largest absolute Gasteiger partial charge is 0.507 e. The number of phenols is 1. The Morgan fingerprint density at radius 1 is 1.29 bits per heavy atom. The van der Waals surface area contributed by atoms with E-state index in [1.807, 2.05) is 0 Å². The molecule has 86 valence electrons. The predicted molar refractivity (Wildman–Crippen MR) is 62.7 cm³/mol. The molecule has 2 aromatic rings. The molecule has 5 nitrogen and oxygen atoms in total. The number of carbonyl (C=O) groups excluding carboxylic acids is 1. The third-order valence-electron chi connectivity index (χ3n) is 2.39. The molecule has 17 heavy (non-hydrogen) atoms. The highest BCUT2D eigenvalue weighted by molar-refractivity contribution is 6.11. The van der Waals surface area contributed by atoms with Gasteiger partial charge in [-0.15, -0.1) is 0 Å². The van der Waals surface area contributed by atoms with Crippen molar-refractivity contribution in [2.24, 2.45) is 0 Å². The highest BCUT2D eigenvalue weighted by Crippen LogP contribution is 2.20. The molecular formula is C12H11N3O2. The van der Waals surface area contributed by atoms with E-state index in [2.05, 4.69) is 9.97 Å². The van der Waals surface area contributed by atoms with Gasteiger partial charge in [-0.25, -0.2) is 9.97 Å². The van der Waals surface area contributed by atoms with Crippen molar-refractivity contribution >= 4 is 11.7 Å². The van der Waals surface area contributed by atoms with Crippen LogP contribution in [0.1, 0.15) is 21.6 Å². The lowest BCUT2D eigenvalue weighted by molar-refractivity contribution is 0.103. The molecule has 0 saturated carbocycles. The van der Waals surface area contributed by atoms with Crippen LogP contribution in [0.5, 0.6) is 5.75 Å². The molecule has 0 aliphatic rings. The molecule has 0 fully saturated rings. The first-order valence-electron chi connectivity index (χ1n) is 5.01. The van der Waals surface area contributed by atoms with Crippen molar-refractivity contribution in [3.8, 4) is 5.75 Å². The van der Waals surface area contributed by atoms with E-state index in [0.717, 1.165) is 0 Å². The lowest BCUT2D eigenvalue weighted by Gasteiger charge is -2.05. The van der Waals surface area contributed by atoms with Crippen LogP contribution >= 0.6 is 0 Å². The second-order valence-corrected chi connectivity index (χ2v) is 3.57. The standard InChI is InChI=1S/C12H11N3O2/c1-7-9(6-14-12(13)15-7)11(17)8-4-2-3-5-10(8)16/h2-6,16H,1H3,(H2,13,14,15). The van der Waals surface area contributed by atoms with E-state index < -0.39 is 0 Å². The fourth-order valence-corrected chi connectivity index (χ4v) is 1.52. The van der Waals surface area contributed by atoms with Crippen LogP contribution in [0.15, 0.2) is 30.5 Å². The topological polar surface area (TPSA) is 89.1 Å². The number of hydrogen-bond donors (Lipinski definition) is 2. The van der Waals surface area contributed by atoms with Crippen LogP contribution in [0, 0.1) is 6.92 Å². The van der Waals surface area contributed by atoms with Crippen LogP contribution in [0.4, 0.5) is 5.95 Å². The van der Waals surface area contributed by atoms with Gasteiger partial charge in [-0.05, 0) is 19.1 Å². The zero-order valence-electron chi connectivity index (χ0n) is 9.21. The lowest BCUT2D eigenvalue weighted by Crippen LogP contribution is -2.08. The van der Waals surface area contributed by atoms with Crippen molar-refractivity contribution in [1.29, 1.82) is 0 Å². The number of rotatable bonds is 2. The zero-order chi connectivity index (χ0) is 12.4. The second-order valence-electron chi connectivity index (χ2n) is 3.57. The van der Waals surface area contributed by atoms with E-state index in [4.69, 9.17) is 5.73 Å². The van der Waals surface area contributed by atoms with E-state index in [0.29, 0.717) is 11.3 Å². The molecule has 1 aromatic carbocycles. The molecule has 0 atom stereocenters. The fraction of sp³-hybridized carbons (Fsp3) is 0.0833. The smallest absolute Gasteiger partial charge is 0.220 e. The van der Waals surface area contributed by atoms with E-state index in [9.17, 15) is 9.90 Å². The molecule has 5 heteroatoms. The summed E-state index contributed by atoms with van der Waals surface area (Å²) in [4.78, 5) is 19.8. The molecule has 0 unspecified atom stereocenters. The molecule has 0 aliphatic heterocycles. The number of nitrogens with two attached hydrogens (primary N) is 1. The van der Waals surface area contributed by atoms with Crippen LogP contribution in [0.3, 0.4) is 0 Å². The van der Waals surface area contributed by atoms with Crippen LogP contribution in [-0.4, -0.2) is 20.9 Å². The highest BCUT2D eigenvalue weighted by Gasteiger charge is 2.16. The van der Waals surface area contributed by atoms with Crippen molar-refractivity contribution in [3.05, 3.63) is 47.3 Å². The summed E-state index contributed by atoms with van der Waals surface area (Å²) in [6.45, 7) is 1.67. The van der Waals surface area contributed by atoms with Crippen LogP contribution in [0.25, 0.3) is 0 Å². The van der Waals surface area contributed by atoms with Crippen molar-refractivity contribution in [1.82, 2.24) is 9.97 Å². The number of carbonyl (C=O) groups is 1. The molecule has 1 aromatic heterocycles. The number of aromatic hydroxyl groups is 1. The molecule has 0 aliphatic carbocycles. The van der Waals surface area contributed by atoms with Gasteiger partial charge in [0.1, 0.15) is 5.75 Å². The number of benzene rings is 1. The van der Waals surface area contributed by atoms with Crippen molar-refractivity contribution in [2.75, 3.05) is 5.73 Å². The number of nitrogen functional groups attached to an aromatic ring is 1. The molecule has 0 amide bonds. The number of hydrogen-bond acceptors (Lipinski definition) is 5. The number of para-hydroxylation sites is 1. The molecule has 0 spiro atoms. The van der Waals surface area contributed by atoms with Gasteiger partial charge in [0.05, 0.1) is 16.8 Å². The third-order valence-corrected chi connectivity index (χ3v) is 2.39. The van der Waals surface area contributed by atoms with Crippen LogP contribution < -0.4 is 5.73 Å². The fourth-order valence-electron chi connectivity index (χ4n) is 1.52. The SMILES string of the molecule is Cc1nc(N)ncc1C(=O)c1ccccc1O. The molecule has 2 rings (SSSR count). The Morgan fingerprint density at radius 2 is 2.00 bits per heavy atom. The Hall–Kier alpha value is -2.43. The Balaban J connectivity index is 2.48. The Morgan fingerprint density at radius 3 is 2.65 bits per heavy atom. The Kier molecular flexibility index (Phi) is 2.74. The van der Waals surface area contributed by atoms with Gasteiger partial charge in [0.2, 0.25) is 5.95 Å². The summed E-state index contributed by atoms with van der Waals surface area (Å²) in [7, 11) is 0. The summed E-state index contributed by atoms with van der Waals surface area (Å²) in [6.07, 6.45) is 1.37. The molecule has 3 N–H and O–H groups in total. The number of phenolic OH excluding ortho intramolecular Hbond substituents is 1. The minimum atomic E-state index is -0.319. The van der Waals surface area contributed by atoms with Gasteiger partial charge in [0.15, 0.2) is 5.78 Å². The second kappa shape index (κ2) is 4.21. The average molecular weight is 229 g/mol. The highest BCUT2D eigenvalue weighted by atomic mass is 16.3. The summed E-state index contributed by atoms with van der Waals surface area (Å²) in [5.74, 6) is -0.259. The minimum absolute atomic E-state index is 0.0614. The van der Waals surface area contributed by atoms with Gasteiger partial charge in [-0.3, -0.25) is 4.79 Å². The first-order valence-corrected chi connectivity index (χ1v) is 5.01. The number of nitrogens with zero attached hydrogens (tertiary/aromatic N) is 2. The van der Waals surface area contributed by atoms with Gasteiger partial charge >= 0.3 is 0 Å². The maximum absolute atomic E-state index is 12.1. The maximum atomic E-state index is 12.1. The van der Waals surface area contributed by atoms with E-state index >= 15 is 0 Å². The average Bonchev–Trinajstić information content (AvgIpc) is 2.29.